The van der Waals surface area contributed by atoms with E-state index in [1.807, 2.05) is 40.7 Å². The SMILES string of the molecule is COc1ccc(C(=O)N2CCN(c3nccs3)CC2)cc1. The molecule has 6 heteroatoms. The van der Waals surface area contributed by atoms with Gasteiger partial charge in [-0.15, -0.1) is 11.3 Å². The first kappa shape index (κ1) is 13.9. The number of nitrogens with zero attached hydrogens (tertiary/aromatic N) is 3. The zero-order chi connectivity index (χ0) is 14.7. The van der Waals surface area contributed by atoms with Crippen molar-refractivity contribution in [2.45, 2.75) is 0 Å². The van der Waals surface area contributed by atoms with Gasteiger partial charge in [0.1, 0.15) is 5.75 Å². The van der Waals surface area contributed by atoms with Crippen LogP contribution in [0.25, 0.3) is 0 Å². The van der Waals surface area contributed by atoms with Gasteiger partial charge in [0.2, 0.25) is 0 Å². The average Bonchev–Trinajstić information content (AvgIpc) is 3.09. The highest BCUT2D eigenvalue weighted by molar-refractivity contribution is 7.13. The van der Waals surface area contributed by atoms with Crippen LogP contribution in [0.3, 0.4) is 0 Å². The Labute approximate surface area is 127 Å². The molecule has 110 valence electrons. The molecule has 2 heterocycles. The lowest BCUT2D eigenvalue weighted by molar-refractivity contribution is 0.0746. The van der Waals surface area contributed by atoms with Gasteiger partial charge in [0.05, 0.1) is 7.11 Å². The first-order valence-corrected chi connectivity index (χ1v) is 7.73. The van der Waals surface area contributed by atoms with Gasteiger partial charge in [0.25, 0.3) is 5.91 Å². The Bertz CT molecular complexity index is 590. The van der Waals surface area contributed by atoms with Crippen LogP contribution in [-0.4, -0.2) is 49.1 Å². The van der Waals surface area contributed by atoms with Gasteiger partial charge in [-0.1, -0.05) is 0 Å². The summed E-state index contributed by atoms with van der Waals surface area (Å²) >= 11 is 1.64. The van der Waals surface area contributed by atoms with Crippen LogP contribution in [0.1, 0.15) is 10.4 Å². The first-order valence-electron chi connectivity index (χ1n) is 6.85. The van der Waals surface area contributed by atoms with Crippen LogP contribution < -0.4 is 9.64 Å². The maximum Gasteiger partial charge on any atom is 0.253 e. The predicted octanol–water partition coefficient (Wildman–Crippen LogP) is 2.11. The average molecular weight is 303 g/mol. The molecule has 0 atom stereocenters. The van der Waals surface area contributed by atoms with Crippen LogP contribution in [0, 0.1) is 0 Å². The lowest BCUT2D eigenvalue weighted by atomic mass is 10.1. The standard InChI is InChI=1S/C15H17N3O2S/c1-20-13-4-2-12(3-5-13)14(19)17-7-9-18(10-8-17)15-16-6-11-21-15/h2-6,11H,7-10H2,1H3. The van der Waals surface area contributed by atoms with Crippen LogP contribution >= 0.6 is 11.3 Å². The normalized spacial score (nSPS) is 15.1. The van der Waals surface area contributed by atoms with E-state index in [1.54, 1.807) is 18.4 Å². The second-order valence-corrected chi connectivity index (χ2v) is 5.70. The van der Waals surface area contributed by atoms with E-state index < -0.39 is 0 Å². The second-order valence-electron chi connectivity index (χ2n) is 4.82. The van der Waals surface area contributed by atoms with Crippen molar-refractivity contribution in [1.82, 2.24) is 9.88 Å². The Morgan fingerprint density at radius 3 is 2.48 bits per heavy atom. The molecule has 1 fully saturated rings. The van der Waals surface area contributed by atoms with Gasteiger partial charge in [0, 0.05) is 43.3 Å². The summed E-state index contributed by atoms with van der Waals surface area (Å²) in [4.78, 5) is 20.9. The summed E-state index contributed by atoms with van der Waals surface area (Å²) in [6.07, 6.45) is 1.81. The number of benzene rings is 1. The molecule has 0 radical (unpaired) electrons. The minimum Gasteiger partial charge on any atom is -0.497 e. The van der Waals surface area contributed by atoms with E-state index in [0.29, 0.717) is 5.56 Å². The van der Waals surface area contributed by atoms with Crippen LogP contribution in [0.15, 0.2) is 35.8 Å². The van der Waals surface area contributed by atoms with Crippen molar-refractivity contribution in [3.05, 3.63) is 41.4 Å². The molecule has 1 aromatic carbocycles. The number of aromatic nitrogens is 1. The highest BCUT2D eigenvalue weighted by atomic mass is 32.1. The molecule has 0 bridgehead atoms. The third kappa shape index (κ3) is 3.00. The molecule has 0 N–H and O–H groups in total. The first-order chi connectivity index (χ1) is 10.3. The number of amides is 1. The van der Waals surface area contributed by atoms with Crippen LogP contribution in [0.4, 0.5) is 5.13 Å². The number of carbonyl (C=O) groups is 1. The zero-order valence-corrected chi connectivity index (χ0v) is 12.7. The molecule has 1 aliphatic rings. The summed E-state index contributed by atoms with van der Waals surface area (Å²) in [5.74, 6) is 0.844. The van der Waals surface area contributed by atoms with Crippen LogP contribution in [0.5, 0.6) is 5.75 Å². The van der Waals surface area contributed by atoms with E-state index >= 15 is 0 Å². The summed E-state index contributed by atoms with van der Waals surface area (Å²) in [6, 6.07) is 7.26. The van der Waals surface area contributed by atoms with Gasteiger partial charge in [-0.2, -0.15) is 0 Å². The molecule has 0 unspecified atom stereocenters. The maximum atomic E-state index is 12.4. The van der Waals surface area contributed by atoms with Gasteiger partial charge in [-0.3, -0.25) is 4.79 Å². The van der Waals surface area contributed by atoms with Crippen LogP contribution in [-0.2, 0) is 0 Å². The molecule has 5 nitrogen and oxygen atoms in total. The van der Waals surface area contributed by atoms with E-state index in [0.717, 1.165) is 37.1 Å². The molecular formula is C15H17N3O2S. The van der Waals surface area contributed by atoms with Gasteiger partial charge in [-0.25, -0.2) is 4.98 Å². The highest BCUT2D eigenvalue weighted by Gasteiger charge is 2.23. The minimum absolute atomic E-state index is 0.0800. The van der Waals surface area contributed by atoms with Crippen molar-refractivity contribution in [3.8, 4) is 5.75 Å². The quantitative estimate of drug-likeness (QED) is 0.871. The van der Waals surface area contributed by atoms with E-state index in [4.69, 9.17) is 4.74 Å². The molecular weight excluding hydrogens is 286 g/mol. The number of hydrogen-bond donors (Lipinski definition) is 0. The lowest BCUT2D eigenvalue weighted by Gasteiger charge is -2.34. The molecule has 0 spiro atoms. The van der Waals surface area contributed by atoms with E-state index in [9.17, 15) is 4.79 Å². The molecule has 1 amide bonds. The van der Waals surface area contributed by atoms with Gasteiger partial charge in [-0.05, 0) is 24.3 Å². The molecule has 1 aromatic heterocycles. The largest absolute Gasteiger partial charge is 0.497 e. The van der Waals surface area contributed by atoms with Crippen molar-refractivity contribution in [3.63, 3.8) is 0 Å². The lowest BCUT2D eigenvalue weighted by Crippen LogP contribution is -2.48. The monoisotopic (exact) mass is 303 g/mol. The zero-order valence-electron chi connectivity index (χ0n) is 11.9. The second kappa shape index (κ2) is 6.13. The Morgan fingerprint density at radius 2 is 1.90 bits per heavy atom. The maximum absolute atomic E-state index is 12.4. The van der Waals surface area contributed by atoms with Crippen molar-refractivity contribution >= 4 is 22.4 Å². The van der Waals surface area contributed by atoms with Crippen LogP contribution in [0.2, 0.25) is 0 Å². The smallest absolute Gasteiger partial charge is 0.253 e. The van der Waals surface area contributed by atoms with Crippen molar-refractivity contribution in [2.75, 3.05) is 38.2 Å². The number of thiazole rings is 1. The molecule has 1 saturated heterocycles. The summed E-state index contributed by atoms with van der Waals surface area (Å²) in [6.45, 7) is 3.11. The van der Waals surface area contributed by atoms with Gasteiger partial charge >= 0.3 is 0 Å². The predicted molar refractivity (Wildman–Crippen MR) is 83.2 cm³/mol. The van der Waals surface area contributed by atoms with Gasteiger partial charge < -0.3 is 14.5 Å². The summed E-state index contributed by atoms with van der Waals surface area (Å²) < 4.78 is 5.11. The van der Waals surface area contributed by atoms with E-state index in [-0.39, 0.29) is 5.91 Å². The van der Waals surface area contributed by atoms with Crippen molar-refractivity contribution in [2.24, 2.45) is 0 Å². The van der Waals surface area contributed by atoms with E-state index in [2.05, 4.69) is 9.88 Å². The molecule has 1 aliphatic heterocycles. The minimum atomic E-state index is 0.0800. The number of piperazine rings is 1. The Hall–Kier alpha value is -2.08. The summed E-state index contributed by atoms with van der Waals surface area (Å²) in [5.41, 5.74) is 0.707. The molecule has 0 aliphatic carbocycles. The molecule has 2 aromatic rings. The third-order valence-corrected chi connectivity index (χ3v) is 4.43. The molecule has 21 heavy (non-hydrogen) atoms. The summed E-state index contributed by atoms with van der Waals surface area (Å²) in [5, 5.41) is 3.01. The highest BCUT2D eigenvalue weighted by Crippen LogP contribution is 2.20. The summed E-state index contributed by atoms with van der Waals surface area (Å²) in [7, 11) is 1.62. The molecule has 0 saturated carbocycles. The number of methoxy groups -OCH3 is 1. The topological polar surface area (TPSA) is 45.7 Å². The number of hydrogen-bond acceptors (Lipinski definition) is 5. The number of carbonyl (C=O) groups excluding carboxylic acids is 1. The fourth-order valence-electron chi connectivity index (χ4n) is 2.39. The fraction of sp³-hybridized carbons (Fsp3) is 0.333. The Balaban J connectivity index is 1.62. The van der Waals surface area contributed by atoms with Crippen molar-refractivity contribution < 1.29 is 9.53 Å². The number of rotatable bonds is 3. The van der Waals surface area contributed by atoms with E-state index in [1.165, 1.54) is 0 Å². The number of ether oxygens (including phenoxy) is 1. The third-order valence-electron chi connectivity index (χ3n) is 3.59. The number of anilines is 1. The fourth-order valence-corrected chi connectivity index (χ4v) is 3.09. The Morgan fingerprint density at radius 1 is 1.19 bits per heavy atom. The molecule has 3 rings (SSSR count). The van der Waals surface area contributed by atoms with Gasteiger partial charge in [0.15, 0.2) is 5.13 Å². The Kier molecular flexibility index (Phi) is 4.06. The van der Waals surface area contributed by atoms with Crippen molar-refractivity contribution in [1.29, 1.82) is 0 Å².